The molecule has 0 radical (unpaired) electrons. The van der Waals surface area contributed by atoms with Gasteiger partial charge in [-0.3, -0.25) is 4.57 Å². The van der Waals surface area contributed by atoms with Crippen molar-refractivity contribution < 1.29 is 23.8 Å². The van der Waals surface area contributed by atoms with Crippen molar-refractivity contribution in [3.8, 4) is 5.75 Å². The number of para-hydroxylation sites is 1. The highest BCUT2D eigenvalue weighted by molar-refractivity contribution is 7.51. The fourth-order valence-electron chi connectivity index (χ4n) is 0.919. The van der Waals surface area contributed by atoms with Gasteiger partial charge in [-0.05, 0) is 12.1 Å². The second-order valence-corrected chi connectivity index (χ2v) is 4.45. The van der Waals surface area contributed by atoms with E-state index in [1.54, 1.807) is 12.1 Å². The van der Waals surface area contributed by atoms with Gasteiger partial charge >= 0.3 is 7.60 Å². The van der Waals surface area contributed by atoms with Crippen molar-refractivity contribution in [2.45, 2.75) is 0 Å². The molecular formula is C9H13O5P. The zero-order chi connectivity index (χ0) is 11.1. The molecule has 0 unspecified atom stereocenters. The Hall–Kier alpha value is -0.870. The summed E-state index contributed by atoms with van der Waals surface area (Å²) >= 11 is 0. The van der Waals surface area contributed by atoms with Gasteiger partial charge in [-0.2, -0.15) is 0 Å². The first kappa shape index (κ1) is 12.2. The molecule has 2 N–H and O–H groups in total. The van der Waals surface area contributed by atoms with Crippen molar-refractivity contribution in [1.82, 2.24) is 0 Å². The first-order valence-corrected chi connectivity index (χ1v) is 6.18. The maximum atomic E-state index is 10.4. The van der Waals surface area contributed by atoms with Crippen LogP contribution in [0.5, 0.6) is 5.75 Å². The Morgan fingerprint density at radius 1 is 1.13 bits per heavy atom. The third-order valence-corrected chi connectivity index (χ3v) is 2.02. The molecule has 0 spiro atoms. The van der Waals surface area contributed by atoms with Crippen LogP contribution in [-0.4, -0.2) is 29.3 Å². The fraction of sp³-hybridized carbons (Fsp3) is 0.333. The maximum Gasteiger partial charge on any atom is 0.350 e. The molecule has 0 amide bonds. The molecule has 0 fully saturated rings. The van der Waals surface area contributed by atoms with Gasteiger partial charge in [0.25, 0.3) is 0 Å². The van der Waals surface area contributed by atoms with Crippen LogP contribution >= 0.6 is 7.60 Å². The summed E-state index contributed by atoms with van der Waals surface area (Å²) in [7, 11) is -4.06. The van der Waals surface area contributed by atoms with Crippen LogP contribution in [-0.2, 0) is 9.30 Å². The van der Waals surface area contributed by atoms with Crippen LogP contribution < -0.4 is 4.74 Å². The van der Waals surface area contributed by atoms with E-state index in [4.69, 9.17) is 19.3 Å². The number of hydrogen-bond donors (Lipinski definition) is 2. The zero-order valence-corrected chi connectivity index (χ0v) is 8.97. The van der Waals surface area contributed by atoms with Gasteiger partial charge in [0, 0.05) is 0 Å². The van der Waals surface area contributed by atoms with Crippen molar-refractivity contribution in [2.24, 2.45) is 0 Å². The Morgan fingerprint density at radius 3 is 2.40 bits per heavy atom. The lowest BCUT2D eigenvalue weighted by Crippen LogP contribution is -2.07. The molecule has 0 atom stereocenters. The first-order valence-electron chi connectivity index (χ1n) is 4.38. The highest BCUT2D eigenvalue weighted by Crippen LogP contribution is 2.33. The average Bonchev–Trinajstić information content (AvgIpc) is 2.17. The van der Waals surface area contributed by atoms with Gasteiger partial charge in [0.1, 0.15) is 18.7 Å². The SMILES string of the molecule is O=P(O)(O)COCCOc1ccccc1. The van der Waals surface area contributed by atoms with Crippen LogP contribution in [0.3, 0.4) is 0 Å². The minimum atomic E-state index is -4.06. The standard InChI is InChI=1S/C9H13O5P/c10-15(11,12)8-13-6-7-14-9-4-2-1-3-5-9/h1-5H,6-8H2,(H2,10,11,12). The van der Waals surface area contributed by atoms with E-state index in [0.717, 1.165) is 0 Å². The fourth-order valence-corrected chi connectivity index (χ4v) is 1.29. The van der Waals surface area contributed by atoms with Crippen LogP contribution in [0.15, 0.2) is 30.3 Å². The molecule has 0 saturated heterocycles. The Kier molecular flexibility index (Phi) is 4.78. The molecule has 1 aromatic rings. The van der Waals surface area contributed by atoms with Gasteiger partial charge in [0.2, 0.25) is 0 Å². The summed E-state index contributed by atoms with van der Waals surface area (Å²) in [6.45, 7) is 0.421. The lowest BCUT2D eigenvalue weighted by molar-refractivity contribution is 0.119. The molecule has 0 bridgehead atoms. The molecule has 0 aromatic heterocycles. The first-order chi connectivity index (χ1) is 7.08. The number of benzene rings is 1. The molecule has 0 aliphatic rings. The maximum absolute atomic E-state index is 10.4. The van der Waals surface area contributed by atoms with E-state index in [0.29, 0.717) is 5.75 Å². The molecule has 1 aromatic carbocycles. The molecular weight excluding hydrogens is 219 g/mol. The topological polar surface area (TPSA) is 76.0 Å². The van der Waals surface area contributed by atoms with E-state index < -0.39 is 13.9 Å². The monoisotopic (exact) mass is 232 g/mol. The Balaban J connectivity index is 2.10. The summed E-state index contributed by atoms with van der Waals surface area (Å²) in [5, 5.41) is 0. The minimum Gasteiger partial charge on any atom is -0.491 e. The molecule has 0 aliphatic heterocycles. The second-order valence-electron chi connectivity index (χ2n) is 2.86. The van der Waals surface area contributed by atoms with Crippen LogP contribution in [0.4, 0.5) is 0 Å². The molecule has 1 rings (SSSR count). The summed E-state index contributed by atoms with van der Waals surface area (Å²) in [4.78, 5) is 17.0. The molecule has 0 aliphatic carbocycles. The van der Waals surface area contributed by atoms with Gasteiger partial charge in [-0.1, -0.05) is 18.2 Å². The van der Waals surface area contributed by atoms with Crippen molar-refractivity contribution in [1.29, 1.82) is 0 Å². The number of ether oxygens (including phenoxy) is 2. The van der Waals surface area contributed by atoms with Crippen molar-refractivity contribution in [2.75, 3.05) is 19.6 Å². The van der Waals surface area contributed by atoms with Crippen LogP contribution in [0.2, 0.25) is 0 Å². The summed E-state index contributed by atoms with van der Waals surface area (Å²) in [5.74, 6) is 0.706. The van der Waals surface area contributed by atoms with Crippen LogP contribution in [0.1, 0.15) is 0 Å². The molecule has 0 heterocycles. The van der Waals surface area contributed by atoms with E-state index in [2.05, 4.69) is 0 Å². The third kappa shape index (κ3) is 6.25. The summed E-state index contributed by atoms with van der Waals surface area (Å²) in [5.41, 5.74) is 0. The van der Waals surface area contributed by atoms with Crippen LogP contribution in [0.25, 0.3) is 0 Å². The van der Waals surface area contributed by atoms with Gasteiger partial charge in [0.05, 0.1) is 6.61 Å². The predicted octanol–water partition coefficient (Wildman–Crippen LogP) is 1.22. The zero-order valence-electron chi connectivity index (χ0n) is 8.07. The molecule has 0 saturated carbocycles. The van der Waals surface area contributed by atoms with Crippen molar-refractivity contribution in [3.63, 3.8) is 0 Å². The van der Waals surface area contributed by atoms with E-state index in [1.165, 1.54) is 0 Å². The van der Waals surface area contributed by atoms with Crippen molar-refractivity contribution >= 4 is 7.60 Å². The second kappa shape index (κ2) is 5.88. The normalized spacial score (nSPS) is 11.3. The van der Waals surface area contributed by atoms with Crippen molar-refractivity contribution in [3.05, 3.63) is 30.3 Å². The molecule has 5 nitrogen and oxygen atoms in total. The predicted molar refractivity (Wildman–Crippen MR) is 54.8 cm³/mol. The lowest BCUT2D eigenvalue weighted by Gasteiger charge is -2.07. The minimum absolute atomic E-state index is 0.153. The van der Waals surface area contributed by atoms with Gasteiger partial charge < -0.3 is 19.3 Å². The highest BCUT2D eigenvalue weighted by atomic mass is 31.2. The summed E-state index contributed by atoms with van der Waals surface area (Å²) in [6.07, 6.45) is -0.564. The van der Waals surface area contributed by atoms with Gasteiger partial charge in [0.15, 0.2) is 0 Å². The van der Waals surface area contributed by atoms with Gasteiger partial charge in [-0.15, -0.1) is 0 Å². The highest BCUT2D eigenvalue weighted by Gasteiger charge is 2.11. The van der Waals surface area contributed by atoms with E-state index in [-0.39, 0.29) is 13.2 Å². The number of hydrogen-bond acceptors (Lipinski definition) is 3. The van der Waals surface area contributed by atoms with E-state index >= 15 is 0 Å². The smallest absolute Gasteiger partial charge is 0.350 e. The molecule has 15 heavy (non-hydrogen) atoms. The van der Waals surface area contributed by atoms with Crippen LogP contribution in [0, 0.1) is 0 Å². The average molecular weight is 232 g/mol. The largest absolute Gasteiger partial charge is 0.491 e. The Bertz CT molecular complexity index is 321. The van der Waals surface area contributed by atoms with E-state index in [1.807, 2.05) is 18.2 Å². The lowest BCUT2D eigenvalue weighted by atomic mass is 10.3. The Morgan fingerprint density at radius 2 is 1.80 bits per heavy atom. The quantitative estimate of drug-likeness (QED) is 0.569. The summed E-state index contributed by atoms with van der Waals surface area (Å²) < 4.78 is 20.4. The summed E-state index contributed by atoms with van der Waals surface area (Å²) in [6, 6.07) is 9.14. The number of rotatable bonds is 6. The molecule has 6 heteroatoms. The Labute approximate surface area is 87.8 Å². The van der Waals surface area contributed by atoms with Gasteiger partial charge in [-0.25, -0.2) is 0 Å². The molecule has 84 valence electrons. The van der Waals surface area contributed by atoms with E-state index in [9.17, 15) is 4.57 Å². The third-order valence-electron chi connectivity index (χ3n) is 1.50.